The molecular formula is C77H128N4O58. The number of carboxylic acid groups (broad SMARTS) is 1. The maximum absolute atomic E-state index is 13.7. The summed E-state index contributed by atoms with van der Waals surface area (Å²) in [5.74, 6) is -9.68. The van der Waals surface area contributed by atoms with E-state index in [1.807, 2.05) is 0 Å². The molecule has 62 heteroatoms. The second-order valence-corrected chi connectivity index (χ2v) is 35.2. The highest BCUT2D eigenvalue weighted by atomic mass is 16.8. The number of carbonyl (C=O) groups excluding carboxylic acids is 4. The van der Waals surface area contributed by atoms with Gasteiger partial charge < -0.3 is 284 Å². The van der Waals surface area contributed by atoms with Crippen LogP contribution in [0.25, 0.3) is 0 Å². The van der Waals surface area contributed by atoms with Gasteiger partial charge in [-0.05, 0) is 6.92 Å². The zero-order chi connectivity index (χ0) is 103. The molecule has 56 atom stereocenters. The van der Waals surface area contributed by atoms with Crippen LogP contribution in [0.15, 0.2) is 0 Å². The van der Waals surface area contributed by atoms with Gasteiger partial charge in [-0.2, -0.15) is 0 Å². The number of aliphatic hydroxyl groups is 31. The Balaban J connectivity index is 0.935. The van der Waals surface area contributed by atoms with Crippen LogP contribution in [0.2, 0.25) is 0 Å². The largest absolute Gasteiger partial charge is 0.477 e. The Bertz CT molecular complexity index is 3870. The van der Waals surface area contributed by atoms with Gasteiger partial charge in [0.25, 0.3) is 5.79 Å². The lowest BCUT2D eigenvalue weighted by Gasteiger charge is -2.52. The number of hydrogen-bond donors (Lipinski definition) is 36. The molecule has 804 valence electrons. The molecule has 11 rings (SSSR count). The summed E-state index contributed by atoms with van der Waals surface area (Å²) < 4.78 is 125. The first kappa shape index (κ1) is 115. The lowest BCUT2D eigenvalue weighted by molar-refractivity contribution is -0.395. The second-order valence-electron chi connectivity index (χ2n) is 35.2. The van der Waals surface area contributed by atoms with Crippen LogP contribution in [0.4, 0.5) is 0 Å². The van der Waals surface area contributed by atoms with Crippen LogP contribution in [-0.4, -0.2) is 602 Å². The monoisotopic (exact) mass is 2040 g/mol. The van der Waals surface area contributed by atoms with E-state index in [1.165, 1.54) is 6.92 Å². The zero-order valence-electron chi connectivity index (χ0n) is 74.5. The summed E-state index contributed by atoms with van der Waals surface area (Å²) in [5.41, 5.74) is 0. The quantitative estimate of drug-likeness (QED) is 0.0275. The summed E-state index contributed by atoms with van der Waals surface area (Å²) >= 11 is 0. The van der Waals surface area contributed by atoms with Crippen LogP contribution in [0.3, 0.4) is 0 Å². The highest BCUT2D eigenvalue weighted by molar-refractivity contribution is 5.77. The van der Waals surface area contributed by atoms with Crippen molar-refractivity contribution in [3.05, 3.63) is 0 Å². The van der Waals surface area contributed by atoms with Gasteiger partial charge in [0.1, 0.15) is 256 Å². The zero-order valence-corrected chi connectivity index (χ0v) is 74.5. The van der Waals surface area contributed by atoms with Gasteiger partial charge in [-0.3, -0.25) is 19.2 Å². The third-order valence-electron chi connectivity index (χ3n) is 25.5. The van der Waals surface area contributed by atoms with Crippen LogP contribution in [-0.2, 0) is 123 Å². The molecule has 0 aromatic carbocycles. The Morgan fingerprint density at radius 2 is 0.626 bits per heavy atom. The first-order chi connectivity index (χ1) is 65.6. The van der Waals surface area contributed by atoms with Crippen molar-refractivity contribution in [2.24, 2.45) is 0 Å². The molecule has 0 bridgehead atoms. The molecule has 62 nitrogen and oxygen atoms in total. The summed E-state index contributed by atoms with van der Waals surface area (Å²) in [6.07, 6.45) is -113. The van der Waals surface area contributed by atoms with E-state index in [0.717, 1.165) is 27.7 Å². The van der Waals surface area contributed by atoms with Crippen molar-refractivity contribution in [1.29, 1.82) is 0 Å². The number of ether oxygens (including phenoxy) is 21. The lowest BCUT2D eigenvalue weighted by Crippen LogP contribution is -2.71. The third kappa shape index (κ3) is 25.0. The second kappa shape index (κ2) is 49.4. The first-order valence-electron chi connectivity index (χ1n) is 44.2. The minimum atomic E-state index is -3.36. The number of aliphatic hydroxyl groups excluding tert-OH is 31. The van der Waals surface area contributed by atoms with E-state index in [9.17, 15) is 187 Å². The molecule has 0 radical (unpaired) electrons. The third-order valence-corrected chi connectivity index (χ3v) is 25.5. The summed E-state index contributed by atoms with van der Waals surface area (Å²) in [6, 6.07) is -8.20. The molecule has 11 heterocycles. The fraction of sp³-hybridized carbons (Fsp3) is 0.935. The fourth-order valence-electron chi connectivity index (χ4n) is 18.1. The number of carboxylic acids is 1. The van der Waals surface area contributed by atoms with Gasteiger partial charge in [-0.15, -0.1) is 0 Å². The van der Waals surface area contributed by atoms with Crippen molar-refractivity contribution in [1.82, 2.24) is 21.3 Å². The van der Waals surface area contributed by atoms with Crippen molar-refractivity contribution >= 4 is 29.6 Å². The average Bonchev–Trinajstić information content (AvgIpc) is 0.761. The smallest absolute Gasteiger partial charge is 0.364 e. The Morgan fingerprint density at radius 3 is 1.05 bits per heavy atom. The van der Waals surface area contributed by atoms with Crippen molar-refractivity contribution in [2.45, 2.75) is 384 Å². The van der Waals surface area contributed by atoms with Gasteiger partial charge in [0.05, 0.1) is 84.3 Å². The van der Waals surface area contributed by atoms with Crippen LogP contribution in [0, 0.1) is 0 Å². The van der Waals surface area contributed by atoms with Crippen LogP contribution >= 0.6 is 0 Å². The Kier molecular flexibility index (Phi) is 40.7. The van der Waals surface area contributed by atoms with E-state index < -0.39 is 445 Å². The molecule has 0 unspecified atom stereocenters. The van der Waals surface area contributed by atoms with Gasteiger partial charge in [-0.25, -0.2) is 4.79 Å². The summed E-state index contributed by atoms with van der Waals surface area (Å²) in [7, 11) is 0. The Hall–Kier alpha value is -4.73. The number of nitrogens with one attached hydrogen (secondary N) is 4. The van der Waals surface area contributed by atoms with Gasteiger partial charge in [0.2, 0.25) is 23.6 Å². The number of amides is 4. The number of carbonyl (C=O) groups is 5. The molecular weight excluding hydrogens is 1910 g/mol. The predicted molar refractivity (Wildman–Crippen MR) is 425 cm³/mol. The van der Waals surface area contributed by atoms with Gasteiger partial charge >= 0.3 is 5.97 Å². The summed E-state index contributed by atoms with van der Waals surface area (Å²) in [6.45, 7) is -7.42. The molecule has 11 aliphatic heterocycles. The maximum atomic E-state index is 13.7. The molecule has 36 N–H and O–H groups in total. The van der Waals surface area contributed by atoms with Crippen LogP contribution in [0.1, 0.15) is 41.0 Å². The average molecular weight is 2040 g/mol. The Morgan fingerprint density at radius 1 is 0.309 bits per heavy atom. The van der Waals surface area contributed by atoms with Gasteiger partial charge in [0.15, 0.2) is 62.9 Å². The highest BCUT2D eigenvalue weighted by Gasteiger charge is 2.65. The first-order valence-corrected chi connectivity index (χ1v) is 44.2. The minimum absolute atomic E-state index is 0.834. The van der Waals surface area contributed by atoms with E-state index in [1.54, 1.807) is 0 Å². The lowest BCUT2D eigenvalue weighted by atomic mass is 9.88. The molecule has 0 spiro atoms. The van der Waals surface area contributed by atoms with Crippen molar-refractivity contribution in [3.8, 4) is 0 Å². The molecule has 11 saturated heterocycles. The Labute approximate surface area is 785 Å². The van der Waals surface area contributed by atoms with E-state index in [2.05, 4.69) is 21.3 Å². The molecule has 139 heavy (non-hydrogen) atoms. The van der Waals surface area contributed by atoms with Crippen molar-refractivity contribution < 1.29 is 287 Å². The number of aliphatic carboxylic acids is 1. The van der Waals surface area contributed by atoms with E-state index >= 15 is 0 Å². The number of rotatable bonds is 37. The van der Waals surface area contributed by atoms with Crippen LogP contribution < -0.4 is 21.3 Å². The number of hydrogen-bond acceptors (Lipinski definition) is 57. The molecule has 0 aromatic rings. The predicted octanol–water partition coefficient (Wildman–Crippen LogP) is -24.2. The molecule has 11 fully saturated rings. The minimum Gasteiger partial charge on any atom is -0.477 e. The van der Waals surface area contributed by atoms with Crippen molar-refractivity contribution in [2.75, 3.05) is 66.1 Å². The molecule has 11 aliphatic rings. The molecule has 4 amide bonds. The SMILES string of the molecule is CC(=O)N[C@H]1[C@H](O[C@H]2[C@@H](O)[C@@H](CO)O[C@@H](O[C@H]3[C@H](O)[C@@H](O)[C@H](O)O[C@@H]3CO)[C@@H]2O)O[C@H](CO)[C@@H](O[C@@H]2O[C@H](CO[C@@H]3O[C@H](CO)[C@@H](O[C@@H]4O[C@H](CO)[C@H](O)[C@H](O[C@H]5O[C@H](CO)[C@H](O)[C@H](O)[C@H]5O)[C@H]4O)[C@H](O[C@@H]4O[C@@H](C)[C@@H](O)[C@@H](O)[C@@H]4O)[C@H]3NC(C)=O)[C@H](O)[C@H](O[C@@H]3O[C@H](CO)[C@@H](O[C@@H]4O[C@H](CO)[C@H](O)[C@H](O[C@]5(C(=O)O)C[C@H](O)[C@@H](NC(C)=O)[C@H]([C@H](O)[C@H](O)CO)O5)[C@H]4O)[C@H](O)[C@H]3NC(C)=O)[C@H]2O)[C@@H]1O. The summed E-state index contributed by atoms with van der Waals surface area (Å²) in [5, 5.41) is 368. The fourth-order valence-corrected chi connectivity index (χ4v) is 18.1. The highest BCUT2D eigenvalue weighted by Crippen LogP contribution is 2.44. The normalized spacial score (nSPS) is 48.9. The standard InChI is InChI=1S/C77H128N4O58/c1-17-37(97)46(106)50(110)70(120-17)134-61-36(81-21(5)94)67(126-31(15-90)59(61)133-73-53(113)63(41(101)26(10-85)124-73)137-71-51(111)47(107)39(99)24(8-83)122-71)119-16-32-43(103)64(54(114)74(129-32)130-56-29(13-88)127-68(34(44(56)104)79-19(3)92)135-62-40(100)25(9-84)123-72(52(62)112)132-58-28(12-87)121-66(116)49(109)48(58)108)136-69-35(80-20(4)93)45(105)57(30(14-89)128-69)131-75-55(115)65(42(102)27(11-86)125-75)139-77(76(117)118)6-22(95)33(78-18(2)91)60(138-77)38(98)23(96)7-82/h17,22-75,82-90,95-116H,6-16H2,1-5H3,(H,78,91)(H,79,92)(H,80,93)(H,81,94)(H,117,118)/t17-,22-,23+,24+,25+,26+,27+,28+,29+,30+,31+,32+,33+,34+,35+,36+,37+,38+,39-,40-,41-,42-,43-,44+,45+,46+,47-,48+,49+,50-,51+,52+,53+,54+,55+,56+,57+,58+,59+,60+,61+,62-,63-,64-,65-,66+,67+,68-,69-,70-,71+,72-,73-,74-,75-,77-/m0/s1. The van der Waals surface area contributed by atoms with Crippen molar-refractivity contribution in [3.63, 3.8) is 0 Å². The van der Waals surface area contributed by atoms with E-state index in [4.69, 9.17) is 99.5 Å². The molecule has 0 saturated carbocycles. The van der Waals surface area contributed by atoms with E-state index in [0.29, 0.717) is 0 Å². The molecule has 0 aliphatic carbocycles. The van der Waals surface area contributed by atoms with Crippen LogP contribution in [0.5, 0.6) is 0 Å². The van der Waals surface area contributed by atoms with Gasteiger partial charge in [0, 0.05) is 34.1 Å². The van der Waals surface area contributed by atoms with E-state index in [-0.39, 0.29) is 0 Å². The maximum Gasteiger partial charge on any atom is 0.364 e. The topological polar surface area (TPSA) is 975 Å². The molecule has 0 aromatic heterocycles. The van der Waals surface area contributed by atoms with Gasteiger partial charge in [-0.1, -0.05) is 0 Å². The summed E-state index contributed by atoms with van der Waals surface area (Å²) in [4.78, 5) is 66.2.